The SMILES string of the molecule is C/C(N)=N/[N+](C)(C)C. The highest BCUT2D eigenvalue weighted by Gasteiger charge is 2.01. The standard InChI is InChI=1S/C5H14N3/c1-5(6)7-8(2,3)4/h1-4H3,(H2,6,7)/q+1. The van der Waals surface area contributed by atoms with Crippen molar-refractivity contribution in [3.63, 3.8) is 0 Å². The molecule has 0 saturated heterocycles. The molecule has 0 fully saturated rings. The number of nitrogens with two attached hydrogens (primary N) is 1. The molecule has 48 valence electrons. The van der Waals surface area contributed by atoms with E-state index in [4.69, 9.17) is 5.73 Å². The summed E-state index contributed by atoms with van der Waals surface area (Å²) in [5, 5.41) is 4.04. The Hall–Kier alpha value is -0.570. The van der Waals surface area contributed by atoms with E-state index in [2.05, 4.69) is 5.10 Å². The molecule has 0 aromatic heterocycles. The summed E-state index contributed by atoms with van der Waals surface area (Å²) in [4.78, 5) is 0. The molecule has 3 nitrogen and oxygen atoms in total. The Morgan fingerprint density at radius 2 is 1.75 bits per heavy atom. The lowest BCUT2D eigenvalue weighted by Crippen LogP contribution is -2.30. The van der Waals surface area contributed by atoms with Gasteiger partial charge >= 0.3 is 0 Å². The first-order valence-electron chi connectivity index (χ1n) is 2.55. The lowest BCUT2D eigenvalue weighted by Gasteiger charge is -2.14. The first kappa shape index (κ1) is 7.43. The van der Waals surface area contributed by atoms with Crippen molar-refractivity contribution in [3.05, 3.63) is 0 Å². The van der Waals surface area contributed by atoms with E-state index in [1.54, 1.807) is 6.92 Å². The van der Waals surface area contributed by atoms with E-state index in [1.807, 2.05) is 21.1 Å². The van der Waals surface area contributed by atoms with E-state index < -0.39 is 0 Å². The van der Waals surface area contributed by atoms with E-state index in [9.17, 15) is 0 Å². The fourth-order valence-corrected chi connectivity index (χ4v) is 0.473. The zero-order valence-corrected chi connectivity index (χ0v) is 5.97. The van der Waals surface area contributed by atoms with Gasteiger partial charge < -0.3 is 5.73 Å². The van der Waals surface area contributed by atoms with Crippen LogP contribution in [0.2, 0.25) is 0 Å². The van der Waals surface area contributed by atoms with Gasteiger partial charge in [-0.1, -0.05) is 5.10 Å². The quantitative estimate of drug-likeness (QED) is 0.222. The molecule has 0 rings (SSSR count). The fraction of sp³-hybridized carbons (Fsp3) is 0.800. The van der Waals surface area contributed by atoms with Crippen LogP contribution in [-0.2, 0) is 0 Å². The second-order valence-electron chi connectivity index (χ2n) is 2.68. The van der Waals surface area contributed by atoms with Gasteiger partial charge in [-0.15, -0.1) is 0 Å². The van der Waals surface area contributed by atoms with E-state index in [0.29, 0.717) is 10.4 Å². The van der Waals surface area contributed by atoms with E-state index in [0.717, 1.165) is 0 Å². The van der Waals surface area contributed by atoms with Crippen LogP contribution >= 0.6 is 0 Å². The normalized spacial score (nSPS) is 14.2. The molecule has 0 aromatic rings. The van der Waals surface area contributed by atoms with Crippen LogP contribution in [0.25, 0.3) is 0 Å². The first-order chi connectivity index (χ1) is 3.42. The minimum atomic E-state index is 0.544. The summed E-state index contributed by atoms with van der Waals surface area (Å²) in [5.74, 6) is 0.623. The number of quaternary nitrogens is 1. The van der Waals surface area contributed by atoms with Crippen LogP contribution in [0.4, 0.5) is 0 Å². The third-order valence-corrected chi connectivity index (χ3v) is 0.458. The largest absolute Gasteiger partial charge is 0.383 e. The predicted octanol–water partition coefficient (Wildman–Crippen LogP) is -0.0153. The van der Waals surface area contributed by atoms with Gasteiger partial charge in [0.15, 0.2) is 5.84 Å². The highest BCUT2D eigenvalue weighted by atomic mass is 15.6. The van der Waals surface area contributed by atoms with Gasteiger partial charge in [0, 0.05) is 0 Å². The maximum atomic E-state index is 5.31. The average Bonchev–Trinajstić information content (AvgIpc) is 1.21. The molecule has 0 aliphatic carbocycles. The molecule has 0 radical (unpaired) electrons. The minimum absolute atomic E-state index is 0.544. The van der Waals surface area contributed by atoms with Crippen molar-refractivity contribution in [2.24, 2.45) is 10.8 Å². The van der Waals surface area contributed by atoms with Crippen molar-refractivity contribution in [2.75, 3.05) is 21.1 Å². The van der Waals surface area contributed by atoms with Crippen LogP contribution in [-0.4, -0.2) is 31.6 Å². The van der Waals surface area contributed by atoms with Gasteiger partial charge in [0.05, 0.1) is 21.1 Å². The lowest BCUT2D eigenvalue weighted by molar-refractivity contribution is -0.877. The summed E-state index contributed by atoms with van der Waals surface area (Å²) >= 11 is 0. The molecule has 0 unspecified atom stereocenters. The molecule has 0 heterocycles. The Balaban J connectivity index is 3.89. The summed E-state index contributed by atoms with van der Waals surface area (Å²) in [5.41, 5.74) is 5.31. The Bertz CT molecular complexity index is 94.7. The van der Waals surface area contributed by atoms with Crippen LogP contribution in [0.5, 0.6) is 0 Å². The molecular weight excluding hydrogens is 102 g/mol. The summed E-state index contributed by atoms with van der Waals surface area (Å²) in [7, 11) is 5.86. The third-order valence-electron chi connectivity index (χ3n) is 0.458. The molecular formula is C5H14N3+. The Morgan fingerprint density at radius 3 is 1.75 bits per heavy atom. The minimum Gasteiger partial charge on any atom is -0.383 e. The smallest absolute Gasteiger partial charge is 0.152 e. The lowest BCUT2D eigenvalue weighted by atomic mass is 10.7. The maximum absolute atomic E-state index is 5.31. The van der Waals surface area contributed by atoms with Crippen molar-refractivity contribution in [1.29, 1.82) is 0 Å². The predicted molar refractivity (Wildman–Crippen MR) is 35.3 cm³/mol. The van der Waals surface area contributed by atoms with Crippen LogP contribution < -0.4 is 5.73 Å². The zero-order chi connectivity index (χ0) is 6.78. The van der Waals surface area contributed by atoms with Gasteiger partial charge in [-0.25, -0.2) is 4.59 Å². The third kappa shape index (κ3) is 5.43. The molecule has 3 heteroatoms. The molecule has 0 aliphatic heterocycles. The van der Waals surface area contributed by atoms with Crippen LogP contribution in [0.1, 0.15) is 6.92 Å². The Labute approximate surface area is 50.4 Å². The van der Waals surface area contributed by atoms with Crippen molar-refractivity contribution >= 4 is 5.84 Å². The Morgan fingerprint density at radius 1 is 1.38 bits per heavy atom. The molecule has 0 bridgehead atoms. The molecule has 0 aromatic carbocycles. The van der Waals surface area contributed by atoms with Gasteiger partial charge in [0.25, 0.3) is 0 Å². The van der Waals surface area contributed by atoms with E-state index >= 15 is 0 Å². The summed E-state index contributed by atoms with van der Waals surface area (Å²) in [6.07, 6.45) is 0. The van der Waals surface area contributed by atoms with Gasteiger partial charge in [-0.2, -0.15) is 0 Å². The highest BCUT2D eigenvalue weighted by Crippen LogP contribution is 1.88. The monoisotopic (exact) mass is 116 g/mol. The van der Waals surface area contributed by atoms with Crippen LogP contribution in [0.3, 0.4) is 0 Å². The molecule has 0 spiro atoms. The molecule has 0 amide bonds. The van der Waals surface area contributed by atoms with Crippen molar-refractivity contribution < 1.29 is 4.59 Å². The molecule has 0 saturated carbocycles. The van der Waals surface area contributed by atoms with Crippen LogP contribution in [0.15, 0.2) is 5.10 Å². The number of amidine groups is 1. The average molecular weight is 116 g/mol. The summed E-state index contributed by atoms with van der Waals surface area (Å²) in [6.45, 7) is 1.78. The molecule has 2 N–H and O–H groups in total. The van der Waals surface area contributed by atoms with Gasteiger partial charge in [0.1, 0.15) is 0 Å². The number of hydrogen-bond acceptors (Lipinski definition) is 1. The zero-order valence-electron chi connectivity index (χ0n) is 5.97. The second-order valence-corrected chi connectivity index (χ2v) is 2.68. The number of rotatable bonds is 1. The topological polar surface area (TPSA) is 38.4 Å². The van der Waals surface area contributed by atoms with E-state index in [-0.39, 0.29) is 0 Å². The molecule has 0 aliphatic rings. The summed E-state index contributed by atoms with van der Waals surface area (Å²) in [6, 6.07) is 0. The van der Waals surface area contributed by atoms with Crippen molar-refractivity contribution in [2.45, 2.75) is 6.92 Å². The van der Waals surface area contributed by atoms with E-state index in [1.165, 1.54) is 0 Å². The maximum Gasteiger partial charge on any atom is 0.152 e. The van der Waals surface area contributed by atoms with Gasteiger partial charge in [0.2, 0.25) is 0 Å². The van der Waals surface area contributed by atoms with Crippen molar-refractivity contribution in [1.82, 2.24) is 0 Å². The van der Waals surface area contributed by atoms with Crippen molar-refractivity contribution in [3.8, 4) is 0 Å². The van der Waals surface area contributed by atoms with Crippen LogP contribution in [0, 0.1) is 0 Å². The first-order valence-corrected chi connectivity index (χ1v) is 2.55. The molecule has 0 atom stereocenters. The fourth-order valence-electron chi connectivity index (χ4n) is 0.473. The second kappa shape index (κ2) is 2.13. The highest BCUT2D eigenvalue weighted by molar-refractivity contribution is 5.76. The molecule has 8 heavy (non-hydrogen) atoms. The van der Waals surface area contributed by atoms with Gasteiger partial charge in [-0.05, 0) is 6.92 Å². The number of hydrogen-bond donors (Lipinski definition) is 1. The number of nitrogens with zero attached hydrogens (tertiary/aromatic N) is 2. The Kier molecular flexibility index (Phi) is 1.98. The summed E-state index contributed by atoms with van der Waals surface area (Å²) < 4.78 is 0.544. The van der Waals surface area contributed by atoms with Gasteiger partial charge in [-0.3, -0.25) is 0 Å².